The number of nitrogens with zero attached hydrogens (tertiary/aromatic N) is 4. The molecular formula is C11H18IN5O4P-. The third-order valence-corrected chi connectivity index (χ3v) is 9.44. The van der Waals surface area contributed by atoms with Crippen LogP contribution in [0.15, 0.2) is 12.7 Å². The third-order valence-electron chi connectivity index (χ3n) is 3.11. The van der Waals surface area contributed by atoms with Gasteiger partial charge in [-0.25, -0.2) is 0 Å². The third kappa shape index (κ3) is 3.93. The Morgan fingerprint density at radius 3 is 2.86 bits per heavy atom. The van der Waals surface area contributed by atoms with E-state index >= 15 is 0 Å². The number of hydrogen-bond acceptors (Lipinski definition) is 7. The predicted octanol–water partition coefficient (Wildman–Crippen LogP) is -2.96. The van der Waals surface area contributed by atoms with E-state index in [1.54, 1.807) is 16.4 Å². The molecule has 2 aromatic heterocycles. The van der Waals surface area contributed by atoms with Crippen molar-refractivity contribution < 1.29 is 40.0 Å². The molecule has 9 nitrogen and oxygen atoms in total. The number of aliphatic hydroxyl groups is 1. The average Bonchev–Trinajstić information content (AvgIpc) is 2.90. The number of nitrogens with two attached hydrogens (primary N) is 1. The maximum absolute atomic E-state index is 11.7. The number of hydrogen-bond donors (Lipinski definition) is 3. The molecule has 4 N–H and O–H groups in total. The fourth-order valence-electron chi connectivity index (χ4n) is 1.80. The monoisotopic (exact) mass is 442 g/mol. The van der Waals surface area contributed by atoms with Gasteiger partial charge in [-0.2, -0.15) is 0 Å². The number of ether oxygens (including phenoxy) is 1. The van der Waals surface area contributed by atoms with E-state index in [4.69, 9.17) is 10.5 Å². The van der Waals surface area contributed by atoms with Gasteiger partial charge in [-0.15, -0.1) is 0 Å². The average molecular weight is 442 g/mol. The Morgan fingerprint density at radius 2 is 2.23 bits per heavy atom. The molecule has 0 saturated heterocycles. The van der Waals surface area contributed by atoms with Gasteiger partial charge >= 0.3 is 137 Å². The number of anilines is 1. The van der Waals surface area contributed by atoms with E-state index in [1.807, 2.05) is 0 Å². The first-order valence-electron chi connectivity index (χ1n) is 6.29. The minimum atomic E-state index is -3.22. The number of nitrogen functional groups attached to an aromatic ring is 1. The first-order chi connectivity index (χ1) is 10.3. The number of fused-ring (bicyclic) bond motifs is 1. The van der Waals surface area contributed by atoms with Gasteiger partial charge in [0.1, 0.15) is 0 Å². The Kier molecular flexibility index (Phi) is 5.38. The fraction of sp³-hybridized carbons (Fsp3) is 0.545. The topological polar surface area (TPSA) is 136 Å². The molecule has 22 heavy (non-hydrogen) atoms. The molecule has 0 amide bonds. The van der Waals surface area contributed by atoms with Crippen LogP contribution >= 0.6 is 5.01 Å². The number of halogens is 1. The molecule has 0 bridgehead atoms. The van der Waals surface area contributed by atoms with Crippen molar-refractivity contribution in [3.63, 3.8) is 0 Å². The van der Waals surface area contributed by atoms with Crippen LogP contribution in [0.25, 0.3) is 11.2 Å². The van der Waals surface area contributed by atoms with Gasteiger partial charge in [-0.05, 0) is 0 Å². The van der Waals surface area contributed by atoms with Crippen LogP contribution in [0.2, 0.25) is 0 Å². The molecule has 0 saturated carbocycles. The molecule has 2 heterocycles. The van der Waals surface area contributed by atoms with Crippen LogP contribution in [0.1, 0.15) is 6.92 Å². The molecule has 2 atom stereocenters. The number of rotatable bonds is 7. The van der Waals surface area contributed by atoms with Crippen LogP contribution in [0.4, 0.5) is 5.82 Å². The molecule has 0 aromatic carbocycles. The van der Waals surface area contributed by atoms with Crippen LogP contribution in [-0.4, -0.2) is 53.0 Å². The summed E-state index contributed by atoms with van der Waals surface area (Å²) in [6.45, 7) is 1.57. The fourth-order valence-corrected chi connectivity index (χ4v) is 3.62. The van der Waals surface area contributed by atoms with Crippen molar-refractivity contribution in [1.82, 2.24) is 19.5 Å². The summed E-state index contributed by atoms with van der Waals surface area (Å²) >= 11 is -0.835. The van der Waals surface area contributed by atoms with Crippen molar-refractivity contribution in [2.24, 2.45) is 0 Å². The first kappa shape index (κ1) is 17.5. The first-order valence-corrected chi connectivity index (χ1v) is 13.1. The molecule has 0 fully saturated rings. The SMILES string of the molecule is C[I-]P(=O)(O)CO[C@@](C)(CO)Cn1cnc2c(N)ncnc21. The van der Waals surface area contributed by atoms with Gasteiger partial charge in [0.15, 0.2) is 0 Å². The molecule has 0 aliphatic heterocycles. The molecule has 0 aliphatic rings. The summed E-state index contributed by atoms with van der Waals surface area (Å²) in [5.74, 6) is 0.269. The Bertz CT molecular complexity index is 711. The zero-order chi connectivity index (χ0) is 16.4. The van der Waals surface area contributed by atoms with Crippen molar-refractivity contribution in [2.75, 3.05) is 23.6 Å². The Morgan fingerprint density at radius 1 is 1.50 bits per heavy atom. The second-order valence-corrected chi connectivity index (χ2v) is 14.2. The van der Waals surface area contributed by atoms with Crippen LogP contribution in [0.3, 0.4) is 0 Å². The summed E-state index contributed by atoms with van der Waals surface area (Å²) < 4.78 is 18.9. The van der Waals surface area contributed by atoms with Crippen molar-refractivity contribution in [1.29, 1.82) is 0 Å². The molecule has 124 valence electrons. The van der Waals surface area contributed by atoms with Gasteiger partial charge in [0, 0.05) is 0 Å². The quantitative estimate of drug-likeness (QED) is 0.235. The van der Waals surface area contributed by atoms with Gasteiger partial charge in [-0.1, -0.05) is 0 Å². The predicted molar refractivity (Wildman–Crippen MR) is 76.9 cm³/mol. The summed E-state index contributed by atoms with van der Waals surface area (Å²) in [5, 5.41) is 6.38. The number of aliphatic hydroxyl groups excluding tert-OH is 1. The van der Waals surface area contributed by atoms with Crippen molar-refractivity contribution in [3.8, 4) is 0 Å². The van der Waals surface area contributed by atoms with Gasteiger partial charge in [0.05, 0.1) is 0 Å². The minimum absolute atomic E-state index is 0.221. The van der Waals surface area contributed by atoms with E-state index in [0.717, 1.165) is 0 Å². The number of aromatic nitrogens is 4. The normalized spacial score (nSPS) is 17.5. The van der Waals surface area contributed by atoms with Crippen molar-refractivity contribution >= 4 is 22.0 Å². The standard InChI is InChI=1S/C11H18IN5O4P/c1-11(4-18,21-7-22(19,20)12-2)3-17-6-16-8-9(13)14-5-15-10(8)17/h5-6,18H,3-4,7H2,1-2H3,(H,19,20)(H2,13,14,15)/q-1/t11-/m1/s1. The van der Waals surface area contributed by atoms with Gasteiger partial charge in [0.2, 0.25) is 0 Å². The Hall–Kier alpha value is -0.810. The van der Waals surface area contributed by atoms with Crippen LogP contribution in [0.5, 0.6) is 0 Å². The Balaban J connectivity index is 2.21. The van der Waals surface area contributed by atoms with E-state index in [1.165, 1.54) is 12.7 Å². The van der Waals surface area contributed by atoms with Gasteiger partial charge in [-0.3, -0.25) is 0 Å². The molecule has 0 radical (unpaired) electrons. The Labute approximate surface area is 137 Å². The zero-order valence-electron chi connectivity index (χ0n) is 12.2. The second kappa shape index (κ2) is 6.75. The second-order valence-electron chi connectivity index (χ2n) is 4.97. The molecule has 2 rings (SSSR count). The van der Waals surface area contributed by atoms with Crippen LogP contribution in [0, 0.1) is 0 Å². The van der Waals surface area contributed by atoms with E-state index in [9.17, 15) is 14.6 Å². The van der Waals surface area contributed by atoms with E-state index in [-0.39, 0.29) is 25.3 Å². The summed E-state index contributed by atoms with van der Waals surface area (Å²) in [6.07, 6.45) is 2.59. The van der Waals surface area contributed by atoms with Gasteiger partial charge < -0.3 is 0 Å². The van der Waals surface area contributed by atoms with E-state index in [0.29, 0.717) is 11.2 Å². The molecule has 0 aliphatic carbocycles. The van der Waals surface area contributed by atoms with Crippen molar-refractivity contribution in [2.45, 2.75) is 19.1 Å². The molecule has 1 unspecified atom stereocenters. The maximum atomic E-state index is 11.7. The summed E-state index contributed by atoms with van der Waals surface area (Å²) in [7, 11) is 0. The zero-order valence-corrected chi connectivity index (χ0v) is 15.2. The summed E-state index contributed by atoms with van der Waals surface area (Å²) in [4.78, 5) is 23.5. The van der Waals surface area contributed by atoms with Gasteiger partial charge in [0.25, 0.3) is 0 Å². The van der Waals surface area contributed by atoms with E-state index < -0.39 is 31.3 Å². The number of alkyl halides is 1. The molecule has 2 aromatic rings. The summed E-state index contributed by atoms with van der Waals surface area (Å²) in [6, 6.07) is 0. The van der Waals surface area contributed by atoms with Crippen LogP contribution < -0.4 is 26.4 Å². The summed E-state index contributed by atoms with van der Waals surface area (Å²) in [5.41, 5.74) is 5.69. The molecule has 0 spiro atoms. The molecular weight excluding hydrogens is 424 g/mol. The number of imidazole rings is 1. The van der Waals surface area contributed by atoms with Crippen LogP contribution in [-0.2, 0) is 15.8 Å². The molecule has 11 heteroatoms. The van der Waals surface area contributed by atoms with Crippen molar-refractivity contribution in [3.05, 3.63) is 12.7 Å². The van der Waals surface area contributed by atoms with E-state index in [2.05, 4.69) is 15.0 Å².